The highest BCUT2D eigenvalue weighted by molar-refractivity contribution is 6.31. The van der Waals surface area contributed by atoms with Gasteiger partial charge in [0.1, 0.15) is 0 Å². The zero-order valence-electron chi connectivity index (χ0n) is 14.6. The number of carbonyl (C=O) groups is 2. The van der Waals surface area contributed by atoms with Crippen molar-refractivity contribution in [3.63, 3.8) is 0 Å². The lowest BCUT2D eigenvalue weighted by Gasteiger charge is -2.18. The lowest BCUT2D eigenvalue weighted by Crippen LogP contribution is -2.28. The van der Waals surface area contributed by atoms with E-state index in [1.165, 1.54) is 0 Å². The van der Waals surface area contributed by atoms with Crippen molar-refractivity contribution in [1.29, 1.82) is 0 Å². The molecule has 0 saturated carbocycles. The van der Waals surface area contributed by atoms with Gasteiger partial charge < -0.3 is 10.2 Å². The van der Waals surface area contributed by atoms with Gasteiger partial charge in [-0.05, 0) is 61.7 Å². The fraction of sp³-hybridized carbons (Fsp3) is 0.300. The third kappa shape index (κ3) is 3.85. The minimum Gasteiger partial charge on any atom is -0.326 e. The van der Waals surface area contributed by atoms with Crippen LogP contribution < -0.4 is 10.2 Å². The number of amides is 2. The topological polar surface area (TPSA) is 49.4 Å². The van der Waals surface area contributed by atoms with Gasteiger partial charge in [0.15, 0.2) is 0 Å². The smallest absolute Gasteiger partial charge is 0.229 e. The van der Waals surface area contributed by atoms with Crippen LogP contribution >= 0.6 is 11.6 Å². The van der Waals surface area contributed by atoms with Gasteiger partial charge in [-0.2, -0.15) is 0 Å². The number of aryl methyl sites for hydroxylation is 3. The molecule has 4 nitrogen and oxygen atoms in total. The van der Waals surface area contributed by atoms with Crippen molar-refractivity contribution in [2.75, 3.05) is 16.8 Å². The Morgan fingerprint density at radius 2 is 1.80 bits per heavy atom. The van der Waals surface area contributed by atoms with Gasteiger partial charge in [-0.3, -0.25) is 9.59 Å². The highest BCUT2D eigenvalue weighted by Gasteiger charge is 2.35. The maximum atomic E-state index is 12.5. The fourth-order valence-corrected chi connectivity index (χ4v) is 3.33. The second-order valence-corrected chi connectivity index (χ2v) is 7.11. The first kappa shape index (κ1) is 17.5. The summed E-state index contributed by atoms with van der Waals surface area (Å²) in [5, 5.41) is 3.47. The van der Waals surface area contributed by atoms with E-state index in [-0.39, 0.29) is 24.2 Å². The second kappa shape index (κ2) is 6.89. The van der Waals surface area contributed by atoms with Gasteiger partial charge in [0.05, 0.1) is 5.92 Å². The second-order valence-electron chi connectivity index (χ2n) is 6.70. The molecule has 1 unspecified atom stereocenters. The van der Waals surface area contributed by atoms with Gasteiger partial charge in [0.25, 0.3) is 0 Å². The Labute approximate surface area is 152 Å². The van der Waals surface area contributed by atoms with Crippen molar-refractivity contribution in [1.82, 2.24) is 0 Å². The molecule has 3 rings (SSSR count). The van der Waals surface area contributed by atoms with Crippen LogP contribution in [0.4, 0.5) is 11.4 Å². The molecule has 1 fully saturated rings. The van der Waals surface area contributed by atoms with Crippen LogP contribution in [0.5, 0.6) is 0 Å². The first-order chi connectivity index (χ1) is 11.8. The summed E-state index contributed by atoms with van der Waals surface area (Å²) in [5.41, 5.74) is 4.67. The summed E-state index contributed by atoms with van der Waals surface area (Å²) >= 11 is 6.10. The molecule has 0 radical (unpaired) electrons. The van der Waals surface area contributed by atoms with Gasteiger partial charge >= 0.3 is 0 Å². The number of anilines is 2. The largest absolute Gasteiger partial charge is 0.326 e. The van der Waals surface area contributed by atoms with Crippen LogP contribution in [-0.4, -0.2) is 18.4 Å². The standard InChI is InChI=1S/C20H21ClN2O2/c1-12-6-13(2)8-17(7-12)23-11-15(9-19(23)24)20(25)22-16-5-4-14(3)18(21)10-16/h4-8,10,15H,9,11H2,1-3H3,(H,22,25). The molecule has 0 spiro atoms. The monoisotopic (exact) mass is 356 g/mol. The molecular weight excluding hydrogens is 336 g/mol. The van der Waals surface area contributed by atoms with Crippen molar-refractivity contribution in [3.05, 3.63) is 58.1 Å². The predicted molar refractivity (Wildman–Crippen MR) is 101 cm³/mol. The molecule has 1 aliphatic rings. The van der Waals surface area contributed by atoms with E-state index in [4.69, 9.17) is 11.6 Å². The van der Waals surface area contributed by atoms with E-state index in [1.807, 2.05) is 45.0 Å². The Morgan fingerprint density at radius 1 is 1.12 bits per heavy atom. The van der Waals surface area contributed by atoms with Crippen LogP contribution in [0.25, 0.3) is 0 Å². The van der Waals surface area contributed by atoms with E-state index in [0.717, 1.165) is 22.4 Å². The molecule has 0 aromatic heterocycles. The number of nitrogens with zero attached hydrogens (tertiary/aromatic N) is 1. The molecule has 0 bridgehead atoms. The molecular formula is C20H21ClN2O2. The van der Waals surface area contributed by atoms with E-state index in [0.29, 0.717) is 17.3 Å². The van der Waals surface area contributed by atoms with Crippen LogP contribution in [0.1, 0.15) is 23.1 Å². The van der Waals surface area contributed by atoms with Gasteiger partial charge in [-0.25, -0.2) is 0 Å². The Balaban J connectivity index is 1.73. The van der Waals surface area contributed by atoms with Crippen molar-refractivity contribution in [2.45, 2.75) is 27.2 Å². The number of benzene rings is 2. The van der Waals surface area contributed by atoms with Crippen molar-refractivity contribution in [2.24, 2.45) is 5.92 Å². The third-order valence-electron chi connectivity index (χ3n) is 4.45. The average molecular weight is 357 g/mol. The van der Waals surface area contributed by atoms with Crippen LogP contribution in [-0.2, 0) is 9.59 Å². The number of nitrogens with one attached hydrogen (secondary N) is 1. The molecule has 0 aliphatic carbocycles. The summed E-state index contributed by atoms with van der Waals surface area (Å²) in [4.78, 5) is 26.6. The van der Waals surface area contributed by atoms with Crippen molar-refractivity contribution in [3.8, 4) is 0 Å². The summed E-state index contributed by atoms with van der Waals surface area (Å²) in [7, 11) is 0. The lowest BCUT2D eigenvalue weighted by atomic mass is 10.1. The highest BCUT2D eigenvalue weighted by Crippen LogP contribution is 2.28. The SMILES string of the molecule is Cc1cc(C)cc(N2CC(C(=O)Nc3ccc(C)c(Cl)c3)CC2=O)c1. The maximum Gasteiger partial charge on any atom is 0.229 e. The number of hydrogen-bond acceptors (Lipinski definition) is 2. The first-order valence-electron chi connectivity index (χ1n) is 8.29. The van der Waals surface area contributed by atoms with E-state index in [9.17, 15) is 9.59 Å². The van der Waals surface area contributed by atoms with Gasteiger partial charge in [-0.1, -0.05) is 23.7 Å². The minimum atomic E-state index is -0.367. The van der Waals surface area contributed by atoms with Crippen molar-refractivity contribution < 1.29 is 9.59 Å². The predicted octanol–water partition coefficient (Wildman–Crippen LogP) is 4.26. The van der Waals surface area contributed by atoms with Crippen molar-refractivity contribution >= 4 is 34.8 Å². The Bertz CT molecular complexity index is 827. The van der Waals surface area contributed by atoms with Crippen LogP contribution in [0.15, 0.2) is 36.4 Å². The summed E-state index contributed by atoms with van der Waals surface area (Å²) in [6.45, 7) is 6.31. The van der Waals surface area contributed by atoms with Gasteiger partial charge in [0, 0.05) is 29.4 Å². The normalized spacial score (nSPS) is 17.0. The van der Waals surface area contributed by atoms with Gasteiger partial charge in [0.2, 0.25) is 11.8 Å². The zero-order valence-corrected chi connectivity index (χ0v) is 15.4. The third-order valence-corrected chi connectivity index (χ3v) is 4.86. The fourth-order valence-electron chi connectivity index (χ4n) is 3.15. The highest BCUT2D eigenvalue weighted by atomic mass is 35.5. The molecule has 2 amide bonds. The molecule has 130 valence electrons. The maximum absolute atomic E-state index is 12.5. The summed E-state index contributed by atoms with van der Waals surface area (Å²) in [6, 6.07) is 11.4. The van der Waals surface area contributed by atoms with E-state index in [1.54, 1.807) is 11.0 Å². The molecule has 1 saturated heterocycles. The molecule has 1 aliphatic heterocycles. The molecule has 1 heterocycles. The Hall–Kier alpha value is -2.33. The summed E-state index contributed by atoms with van der Waals surface area (Å²) in [6.07, 6.45) is 0.221. The van der Waals surface area contributed by atoms with Crippen LogP contribution in [0, 0.1) is 26.7 Å². The minimum absolute atomic E-state index is 0.0212. The van der Waals surface area contributed by atoms with Gasteiger partial charge in [-0.15, -0.1) is 0 Å². The molecule has 25 heavy (non-hydrogen) atoms. The quantitative estimate of drug-likeness (QED) is 0.893. The van der Waals surface area contributed by atoms with Crippen LogP contribution in [0.2, 0.25) is 5.02 Å². The molecule has 1 atom stereocenters. The molecule has 5 heteroatoms. The zero-order chi connectivity index (χ0) is 18.1. The first-order valence-corrected chi connectivity index (χ1v) is 8.67. The van der Waals surface area contributed by atoms with E-state index in [2.05, 4.69) is 11.4 Å². The number of carbonyl (C=O) groups excluding carboxylic acids is 2. The molecule has 2 aromatic carbocycles. The van der Waals surface area contributed by atoms with E-state index >= 15 is 0 Å². The molecule has 2 aromatic rings. The summed E-state index contributed by atoms with van der Waals surface area (Å²) < 4.78 is 0. The number of halogens is 1. The lowest BCUT2D eigenvalue weighted by molar-refractivity contribution is -0.122. The van der Waals surface area contributed by atoms with Crippen LogP contribution in [0.3, 0.4) is 0 Å². The Morgan fingerprint density at radius 3 is 2.44 bits per heavy atom. The summed E-state index contributed by atoms with van der Waals surface area (Å²) in [5.74, 6) is -0.541. The van der Waals surface area contributed by atoms with E-state index < -0.39 is 0 Å². The number of hydrogen-bond donors (Lipinski definition) is 1. The number of rotatable bonds is 3. The average Bonchev–Trinajstić information content (AvgIpc) is 2.92. The Kier molecular flexibility index (Phi) is 4.82. The molecule has 1 N–H and O–H groups in total.